The summed E-state index contributed by atoms with van der Waals surface area (Å²) in [5.74, 6) is 0. The Morgan fingerprint density at radius 1 is 1.25 bits per heavy atom. The number of hydroxylamine groups is 2. The van der Waals surface area contributed by atoms with Crippen LogP contribution in [0.5, 0.6) is 0 Å². The van der Waals surface area contributed by atoms with E-state index < -0.39 is 17.9 Å². The molecule has 2 rings (SSSR count). The van der Waals surface area contributed by atoms with Gasteiger partial charge in [-0.25, -0.2) is 0 Å². The van der Waals surface area contributed by atoms with Crippen LogP contribution in [-0.4, -0.2) is 17.0 Å². The highest BCUT2D eigenvalue weighted by molar-refractivity contribution is 5.19. The number of halogens is 3. The minimum atomic E-state index is -4.37. The molecule has 0 amide bonds. The van der Waals surface area contributed by atoms with Gasteiger partial charge in [0, 0.05) is 0 Å². The molecule has 2 nitrogen and oxygen atoms in total. The van der Waals surface area contributed by atoms with Gasteiger partial charge in [0.05, 0.1) is 6.04 Å². The van der Waals surface area contributed by atoms with Crippen molar-refractivity contribution in [2.75, 3.05) is 0 Å². The Labute approximate surface area is 91.6 Å². The molecule has 1 saturated heterocycles. The van der Waals surface area contributed by atoms with E-state index >= 15 is 0 Å². The first kappa shape index (κ1) is 11.4. The van der Waals surface area contributed by atoms with E-state index in [0.29, 0.717) is 0 Å². The molecule has 1 fully saturated rings. The lowest BCUT2D eigenvalue weighted by Crippen LogP contribution is -2.34. The Morgan fingerprint density at radius 3 is 2.25 bits per heavy atom. The predicted molar refractivity (Wildman–Crippen MR) is 52.2 cm³/mol. The Bertz CT molecular complexity index is 379. The second kappa shape index (κ2) is 3.46. The van der Waals surface area contributed by atoms with Gasteiger partial charge < -0.3 is 0 Å². The molecule has 1 aromatic carbocycles. The Kier molecular flexibility index (Phi) is 2.47. The molecule has 16 heavy (non-hydrogen) atoms. The summed E-state index contributed by atoms with van der Waals surface area (Å²) in [4.78, 5) is 4.69. The normalized spacial score (nSPS) is 31.2. The van der Waals surface area contributed by atoms with Gasteiger partial charge in [0.1, 0.15) is 0 Å². The van der Waals surface area contributed by atoms with E-state index in [4.69, 9.17) is 4.84 Å². The molecule has 0 saturated carbocycles. The number of benzene rings is 1. The fraction of sp³-hybridized carbons (Fsp3) is 0.455. The van der Waals surface area contributed by atoms with Crippen LogP contribution in [-0.2, 0) is 4.84 Å². The second-order valence-corrected chi connectivity index (χ2v) is 3.98. The molecule has 1 aliphatic heterocycles. The molecule has 3 atom stereocenters. The van der Waals surface area contributed by atoms with Gasteiger partial charge in [-0.15, -0.1) is 5.06 Å². The van der Waals surface area contributed by atoms with Crippen molar-refractivity contribution in [1.29, 1.82) is 0 Å². The van der Waals surface area contributed by atoms with Crippen LogP contribution in [0.4, 0.5) is 13.2 Å². The summed E-state index contributed by atoms with van der Waals surface area (Å²) in [6.07, 6.45) is -4.37. The molecule has 0 aromatic heterocycles. The summed E-state index contributed by atoms with van der Waals surface area (Å²) in [6.45, 7) is 2.72. The van der Waals surface area contributed by atoms with Crippen LogP contribution in [0.25, 0.3) is 0 Å². The molecule has 0 spiro atoms. The topological polar surface area (TPSA) is 15.5 Å². The lowest BCUT2D eigenvalue weighted by atomic mass is 10.1. The SMILES string of the molecule is CC(c1ccccc1)N1O[C@]1(C)C(F)(F)F. The first-order chi connectivity index (χ1) is 7.36. The maximum Gasteiger partial charge on any atom is 0.435 e. The van der Waals surface area contributed by atoms with Crippen molar-refractivity contribution < 1.29 is 18.0 Å². The maximum atomic E-state index is 12.6. The van der Waals surface area contributed by atoms with Crippen LogP contribution in [0.3, 0.4) is 0 Å². The smallest absolute Gasteiger partial charge is 0.261 e. The lowest BCUT2D eigenvalue weighted by molar-refractivity contribution is -0.182. The molecular weight excluding hydrogens is 219 g/mol. The number of hydrogen-bond donors (Lipinski definition) is 0. The third-order valence-electron chi connectivity index (χ3n) is 2.82. The fourth-order valence-corrected chi connectivity index (χ4v) is 1.66. The first-order valence-electron chi connectivity index (χ1n) is 4.96. The van der Waals surface area contributed by atoms with E-state index in [1.807, 2.05) is 6.07 Å². The largest absolute Gasteiger partial charge is 0.435 e. The van der Waals surface area contributed by atoms with Gasteiger partial charge in [-0.3, -0.25) is 4.84 Å². The molecular formula is C11H12F3NO. The van der Waals surface area contributed by atoms with Crippen molar-refractivity contribution in [3.63, 3.8) is 0 Å². The summed E-state index contributed by atoms with van der Waals surface area (Å²) >= 11 is 0. The van der Waals surface area contributed by atoms with Crippen LogP contribution in [0.1, 0.15) is 25.5 Å². The zero-order chi connectivity index (χ0) is 12.0. The van der Waals surface area contributed by atoms with Gasteiger partial charge in [0.2, 0.25) is 0 Å². The summed E-state index contributed by atoms with van der Waals surface area (Å²) in [7, 11) is 0. The second-order valence-electron chi connectivity index (χ2n) is 3.98. The van der Waals surface area contributed by atoms with E-state index in [1.54, 1.807) is 31.2 Å². The average molecular weight is 231 g/mol. The van der Waals surface area contributed by atoms with Gasteiger partial charge in [-0.05, 0) is 19.4 Å². The van der Waals surface area contributed by atoms with Crippen LogP contribution in [0, 0.1) is 0 Å². The van der Waals surface area contributed by atoms with Crippen molar-refractivity contribution in [3.05, 3.63) is 35.9 Å². The number of rotatable bonds is 2. The fourth-order valence-electron chi connectivity index (χ4n) is 1.66. The summed E-state index contributed by atoms with van der Waals surface area (Å²) < 4.78 is 37.8. The third-order valence-corrected chi connectivity index (χ3v) is 2.82. The molecule has 1 heterocycles. The van der Waals surface area contributed by atoms with E-state index in [1.165, 1.54) is 0 Å². The molecule has 1 aromatic rings. The predicted octanol–water partition coefficient (Wildman–Crippen LogP) is 3.27. The minimum Gasteiger partial charge on any atom is -0.261 e. The first-order valence-corrected chi connectivity index (χ1v) is 4.96. The quantitative estimate of drug-likeness (QED) is 0.726. The van der Waals surface area contributed by atoms with Gasteiger partial charge in [0.25, 0.3) is 5.72 Å². The van der Waals surface area contributed by atoms with Crippen LogP contribution in [0.2, 0.25) is 0 Å². The molecule has 0 bridgehead atoms. The molecule has 0 aliphatic carbocycles. The van der Waals surface area contributed by atoms with Crippen molar-refractivity contribution in [2.24, 2.45) is 0 Å². The average Bonchev–Trinajstić information content (AvgIpc) is 2.92. The lowest BCUT2D eigenvalue weighted by Gasteiger charge is -2.15. The molecule has 2 unspecified atom stereocenters. The van der Waals surface area contributed by atoms with Gasteiger partial charge in [-0.2, -0.15) is 13.2 Å². The molecule has 0 radical (unpaired) electrons. The number of alkyl halides is 3. The Balaban J connectivity index is 2.14. The van der Waals surface area contributed by atoms with Gasteiger partial charge in [-0.1, -0.05) is 30.3 Å². The van der Waals surface area contributed by atoms with E-state index in [9.17, 15) is 13.2 Å². The van der Waals surface area contributed by atoms with E-state index in [0.717, 1.165) is 17.6 Å². The number of hydrogen-bond acceptors (Lipinski definition) is 2. The number of nitrogens with zero attached hydrogens (tertiary/aromatic N) is 1. The van der Waals surface area contributed by atoms with E-state index in [-0.39, 0.29) is 0 Å². The molecule has 5 heteroatoms. The van der Waals surface area contributed by atoms with Crippen LogP contribution < -0.4 is 0 Å². The summed E-state index contributed by atoms with van der Waals surface area (Å²) in [5.41, 5.74) is -1.34. The molecule has 1 aliphatic rings. The van der Waals surface area contributed by atoms with Crippen molar-refractivity contribution >= 4 is 0 Å². The summed E-state index contributed by atoms with van der Waals surface area (Å²) in [5, 5.41) is 0.975. The zero-order valence-corrected chi connectivity index (χ0v) is 8.95. The van der Waals surface area contributed by atoms with Crippen LogP contribution in [0.15, 0.2) is 30.3 Å². The van der Waals surface area contributed by atoms with E-state index in [2.05, 4.69) is 0 Å². The van der Waals surface area contributed by atoms with Crippen molar-refractivity contribution in [2.45, 2.75) is 31.8 Å². The van der Waals surface area contributed by atoms with Gasteiger partial charge in [0.15, 0.2) is 0 Å². The Morgan fingerprint density at radius 2 is 1.81 bits per heavy atom. The molecule has 88 valence electrons. The standard InChI is InChI=1S/C11H12F3NO/c1-8(9-6-4-3-5-7-9)15-10(2,16-15)11(12,13)14/h3-8H,1-2H3/t8?,10-,15?/m1/s1. The van der Waals surface area contributed by atoms with Crippen molar-refractivity contribution in [1.82, 2.24) is 5.06 Å². The highest BCUT2D eigenvalue weighted by Gasteiger charge is 2.71. The Hall–Kier alpha value is -1.07. The van der Waals surface area contributed by atoms with Gasteiger partial charge >= 0.3 is 6.18 Å². The zero-order valence-electron chi connectivity index (χ0n) is 8.95. The molecule has 0 N–H and O–H groups in total. The monoisotopic (exact) mass is 231 g/mol. The highest BCUT2D eigenvalue weighted by Crippen LogP contribution is 2.52. The van der Waals surface area contributed by atoms with Crippen molar-refractivity contribution in [3.8, 4) is 0 Å². The third kappa shape index (κ3) is 1.70. The van der Waals surface area contributed by atoms with Crippen LogP contribution >= 0.6 is 0 Å². The maximum absolute atomic E-state index is 12.6. The summed E-state index contributed by atoms with van der Waals surface area (Å²) in [6, 6.07) is 8.56. The highest BCUT2D eigenvalue weighted by atomic mass is 19.4. The minimum absolute atomic E-state index is 0.409.